The molecule has 1 heterocycles. The molecule has 0 aromatic heterocycles. The molecule has 7 heteroatoms. The van der Waals surface area contributed by atoms with Crippen molar-refractivity contribution in [2.45, 2.75) is 38.5 Å². The van der Waals surface area contributed by atoms with Crippen LogP contribution in [0.25, 0.3) is 0 Å². The number of ether oxygens (including phenoxy) is 1. The van der Waals surface area contributed by atoms with E-state index < -0.39 is 29.4 Å². The molecule has 3 N–H and O–H groups in total. The molecule has 1 unspecified atom stereocenters. The minimum Gasteiger partial charge on any atom is -0.388 e. The van der Waals surface area contributed by atoms with Gasteiger partial charge in [0.2, 0.25) is 0 Å². The number of alkyl halides is 2. The van der Waals surface area contributed by atoms with Gasteiger partial charge in [0.25, 0.3) is 0 Å². The molecule has 1 saturated heterocycles. The SMILES string of the molecule is O[C@@H]1[C@@H](O)[C@@H](Br)O[C@H](C(Br)Sc2ccccc2)[C@H]1O. The molecule has 1 aromatic rings. The van der Waals surface area contributed by atoms with E-state index >= 15 is 0 Å². The fourth-order valence-corrected chi connectivity index (χ4v) is 4.36. The van der Waals surface area contributed by atoms with Crippen molar-refractivity contribution in [3.63, 3.8) is 0 Å². The fourth-order valence-electron chi connectivity index (χ4n) is 1.78. The lowest BCUT2D eigenvalue weighted by Crippen LogP contribution is -2.57. The van der Waals surface area contributed by atoms with Gasteiger partial charge >= 0.3 is 0 Å². The van der Waals surface area contributed by atoms with Crippen LogP contribution in [0.2, 0.25) is 0 Å². The number of thioether (sulfide) groups is 1. The molecule has 4 nitrogen and oxygen atoms in total. The average molecular weight is 414 g/mol. The molecule has 0 saturated carbocycles. The first-order valence-corrected chi connectivity index (χ1v) is 8.41. The number of rotatable bonds is 3. The van der Waals surface area contributed by atoms with Crippen molar-refractivity contribution in [2.24, 2.45) is 0 Å². The van der Waals surface area contributed by atoms with Gasteiger partial charge < -0.3 is 20.1 Å². The van der Waals surface area contributed by atoms with Gasteiger partial charge in [0, 0.05) is 4.90 Å². The van der Waals surface area contributed by atoms with E-state index in [0.717, 1.165) is 4.90 Å². The van der Waals surface area contributed by atoms with E-state index in [4.69, 9.17) is 4.74 Å². The lowest BCUT2D eigenvalue weighted by Gasteiger charge is -2.40. The second-order valence-electron chi connectivity index (χ2n) is 4.21. The van der Waals surface area contributed by atoms with Gasteiger partial charge in [-0.15, -0.1) is 11.8 Å². The Morgan fingerprint density at radius 3 is 2.32 bits per heavy atom. The summed E-state index contributed by atoms with van der Waals surface area (Å²) in [6.07, 6.45) is -4.16. The van der Waals surface area contributed by atoms with Crippen LogP contribution in [-0.4, -0.2) is 48.9 Å². The van der Waals surface area contributed by atoms with Crippen molar-refractivity contribution >= 4 is 43.6 Å². The Bertz CT molecular complexity index is 408. The molecule has 1 aliphatic heterocycles. The molecular formula is C12H14Br2O4S. The van der Waals surface area contributed by atoms with Crippen LogP contribution in [0.5, 0.6) is 0 Å². The van der Waals surface area contributed by atoms with Gasteiger partial charge in [-0.2, -0.15) is 0 Å². The van der Waals surface area contributed by atoms with Crippen molar-refractivity contribution in [1.82, 2.24) is 0 Å². The van der Waals surface area contributed by atoms with Crippen LogP contribution in [0.15, 0.2) is 35.2 Å². The van der Waals surface area contributed by atoms with Crippen LogP contribution in [0.3, 0.4) is 0 Å². The van der Waals surface area contributed by atoms with E-state index in [9.17, 15) is 15.3 Å². The highest BCUT2D eigenvalue weighted by atomic mass is 79.9. The molecule has 2 rings (SSSR count). The van der Waals surface area contributed by atoms with Crippen molar-refractivity contribution in [2.75, 3.05) is 0 Å². The lowest BCUT2D eigenvalue weighted by molar-refractivity contribution is -0.190. The summed E-state index contributed by atoms with van der Waals surface area (Å²) >= 11 is 8.08. The molecule has 0 spiro atoms. The van der Waals surface area contributed by atoms with Crippen molar-refractivity contribution in [3.05, 3.63) is 30.3 Å². The highest BCUT2D eigenvalue weighted by molar-refractivity contribution is 9.11. The molecule has 1 aromatic carbocycles. The molecule has 19 heavy (non-hydrogen) atoms. The first-order valence-electron chi connectivity index (χ1n) is 5.70. The number of hydrogen-bond donors (Lipinski definition) is 3. The Labute approximate surface area is 132 Å². The Kier molecular flexibility index (Phi) is 5.71. The van der Waals surface area contributed by atoms with Gasteiger partial charge in [-0.1, -0.05) is 50.1 Å². The van der Waals surface area contributed by atoms with E-state index in [0.29, 0.717) is 0 Å². The summed E-state index contributed by atoms with van der Waals surface area (Å²) in [7, 11) is 0. The van der Waals surface area contributed by atoms with E-state index in [1.807, 2.05) is 30.3 Å². The van der Waals surface area contributed by atoms with Gasteiger partial charge in [0.05, 0.1) is 4.16 Å². The number of hydrogen-bond acceptors (Lipinski definition) is 5. The van der Waals surface area contributed by atoms with Crippen molar-refractivity contribution in [3.8, 4) is 0 Å². The van der Waals surface area contributed by atoms with Gasteiger partial charge in [-0.25, -0.2) is 0 Å². The van der Waals surface area contributed by atoms with Crippen LogP contribution in [-0.2, 0) is 4.74 Å². The van der Waals surface area contributed by atoms with Crippen LogP contribution in [0.1, 0.15) is 0 Å². The van der Waals surface area contributed by atoms with Gasteiger partial charge in [0.15, 0.2) is 0 Å². The molecule has 106 valence electrons. The number of benzene rings is 1. The predicted octanol–water partition coefficient (Wildman–Crippen LogP) is 1.70. The summed E-state index contributed by atoms with van der Waals surface area (Å²) in [6, 6.07) is 9.67. The van der Waals surface area contributed by atoms with Gasteiger partial charge in [-0.05, 0) is 12.1 Å². The predicted molar refractivity (Wildman–Crippen MR) is 80.6 cm³/mol. The second-order valence-corrected chi connectivity index (χ2v) is 7.92. The third-order valence-electron chi connectivity index (χ3n) is 2.84. The Hall–Kier alpha value is 0.370. The van der Waals surface area contributed by atoms with Crippen LogP contribution >= 0.6 is 43.6 Å². The second kappa shape index (κ2) is 6.89. The molecule has 0 amide bonds. The first kappa shape index (κ1) is 15.8. The number of halogens is 2. The third-order valence-corrected chi connectivity index (χ3v) is 5.72. The highest BCUT2D eigenvalue weighted by Crippen LogP contribution is 2.36. The standard InChI is InChI=1S/C12H14Br2O4S/c13-11-9(17)7(15)8(16)10(18-11)12(14)19-6-4-2-1-3-5-6/h1-5,7-12,15-17H/t7-,8-,9+,10-,11-,12?/m0/s1. The van der Waals surface area contributed by atoms with E-state index in [1.54, 1.807) is 0 Å². The summed E-state index contributed by atoms with van der Waals surface area (Å²) in [5, 5.41) is 28.6. The maximum Gasteiger partial charge on any atom is 0.141 e. The van der Waals surface area contributed by atoms with Gasteiger partial charge in [-0.3, -0.25) is 0 Å². The Balaban J connectivity index is 2.04. The smallest absolute Gasteiger partial charge is 0.141 e. The van der Waals surface area contributed by atoms with Crippen molar-refractivity contribution < 1.29 is 20.1 Å². The zero-order valence-corrected chi connectivity index (χ0v) is 13.8. The average Bonchev–Trinajstić information content (AvgIpc) is 2.41. The molecule has 1 aliphatic rings. The number of aliphatic hydroxyl groups is 3. The van der Waals surface area contributed by atoms with E-state index in [2.05, 4.69) is 31.9 Å². The third kappa shape index (κ3) is 3.72. The molecule has 1 fully saturated rings. The molecule has 0 bridgehead atoms. The Morgan fingerprint density at radius 1 is 1.05 bits per heavy atom. The largest absolute Gasteiger partial charge is 0.388 e. The van der Waals surface area contributed by atoms with E-state index in [1.165, 1.54) is 11.8 Å². The first-order chi connectivity index (χ1) is 9.00. The summed E-state index contributed by atoms with van der Waals surface area (Å²) in [6.45, 7) is 0. The van der Waals surface area contributed by atoms with Crippen LogP contribution < -0.4 is 0 Å². The maximum atomic E-state index is 9.97. The minimum absolute atomic E-state index is 0.243. The lowest BCUT2D eigenvalue weighted by atomic mass is 10.0. The normalized spacial score (nSPS) is 37.0. The molecule has 6 atom stereocenters. The van der Waals surface area contributed by atoms with Crippen molar-refractivity contribution in [1.29, 1.82) is 0 Å². The fraction of sp³-hybridized carbons (Fsp3) is 0.500. The Morgan fingerprint density at radius 2 is 1.68 bits per heavy atom. The molecular weight excluding hydrogens is 400 g/mol. The zero-order valence-electron chi connectivity index (χ0n) is 9.76. The summed E-state index contributed by atoms with van der Waals surface area (Å²) in [5.41, 5.74) is 0. The zero-order chi connectivity index (χ0) is 14.0. The number of aliphatic hydroxyl groups excluding tert-OH is 3. The maximum absolute atomic E-state index is 9.97. The summed E-state index contributed by atoms with van der Waals surface area (Å²) < 4.78 is 5.26. The summed E-state index contributed by atoms with van der Waals surface area (Å²) in [5.74, 6) is 0. The molecule has 0 radical (unpaired) electrons. The molecule has 0 aliphatic carbocycles. The topological polar surface area (TPSA) is 69.9 Å². The highest BCUT2D eigenvalue weighted by Gasteiger charge is 2.45. The van der Waals surface area contributed by atoms with Crippen LogP contribution in [0, 0.1) is 0 Å². The van der Waals surface area contributed by atoms with Gasteiger partial charge in [0.1, 0.15) is 29.4 Å². The summed E-state index contributed by atoms with van der Waals surface area (Å²) in [4.78, 5) is 1.02. The van der Waals surface area contributed by atoms with Crippen LogP contribution in [0.4, 0.5) is 0 Å². The minimum atomic E-state index is -1.24. The monoisotopic (exact) mass is 412 g/mol. The van der Waals surface area contributed by atoms with E-state index in [-0.39, 0.29) is 4.16 Å². The quantitative estimate of drug-likeness (QED) is 0.519.